The van der Waals surface area contributed by atoms with Crippen molar-refractivity contribution in [3.63, 3.8) is 0 Å². The summed E-state index contributed by atoms with van der Waals surface area (Å²) < 4.78 is 8.77. The van der Waals surface area contributed by atoms with Crippen molar-refractivity contribution in [3.8, 4) is 79.5 Å². The number of benzene rings is 8. The van der Waals surface area contributed by atoms with Gasteiger partial charge in [-0.25, -0.2) is 29.9 Å². The van der Waals surface area contributed by atoms with E-state index in [1.165, 1.54) is 10.1 Å². The lowest BCUT2D eigenvalue weighted by atomic mass is 9.96. The van der Waals surface area contributed by atoms with Gasteiger partial charge in [-0.3, -0.25) is 0 Å². The molecule has 0 saturated carbocycles. The van der Waals surface area contributed by atoms with Crippen LogP contribution >= 0.6 is 11.3 Å². The minimum absolute atomic E-state index is 0.552. The Hall–Kier alpha value is -8.20. The number of furan rings is 1. The SMILES string of the molecule is c1ccc(-c2nc(-c3ccccc3)nc(-c3ccc(-c4ccc(-c5nc(-c6ccccc6)nc(-c6cccc7c6oc6ccccc67)n5)c5sc6ccccc6c45)cc3)n2)cc1. The molecule has 0 aliphatic carbocycles. The first kappa shape index (κ1) is 35.7. The molecule has 0 unspecified atom stereocenters. The molecule has 290 valence electrons. The number of aromatic nitrogens is 6. The third-order valence-electron chi connectivity index (χ3n) is 11.2. The summed E-state index contributed by atoms with van der Waals surface area (Å²) in [6.45, 7) is 0. The molecule has 8 aromatic carbocycles. The van der Waals surface area contributed by atoms with Crippen LogP contribution in [0, 0.1) is 0 Å². The summed E-state index contributed by atoms with van der Waals surface area (Å²) in [6, 6.07) is 65.9. The van der Waals surface area contributed by atoms with E-state index in [0.717, 1.165) is 76.5 Å². The van der Waals surface area contributed by atoms with Crippen molar-refractivity contribution in [1.29, 1.82) is 0 Å². The van der Waals surface area contributed by atoms with Crippen LogP contribution in [0.2, 0.25) is 0 Å². The monoisotopic (exact) mass is 812 g/mol. The number of hydrogen-bond donors (Lipinski definition) is 0. The molecule has 12 rings (SSSR count). The van der Waals surface area contributed by atoms with Crippen LogP contribution in [-0.2, 0) is 0 Å². The first-order valence-corrected chi connectivity index (χ1v) is 21.2. The van der Waals surface area contributed by atoms with E-state index in [-0.39, 0.29) is 0 Å². The summed E-state index contributed by atoms with van der Waals surface area (Å²) in [5, 5.41) is 4.40. The highest BCUT2D eigenvalue weighted by Gasteiger charge is 2.22. The van der Waals surface area contributed by atoms with Gasteiger partial charge in [0.25, 0.3) is 0 Å². The van der Waals surface area contributed by atoms with E-state index in [1.807, 2.05) is 121 Å². The number of para-hydroxylation sites is 2. The van der Waals surface area contributed by atoms with Gasteiger partial charge >= 0.3 is 0 Å². The van der Waals surface area contributed by atoms with Crippen LogP contribution in [0.1, 0.15) is 0 Å². The summed E-state index contributed by atoms with van der Waals surface area (Å²) >= 11 is 1.75. The molecule has 0 spiro atoms. The van der Waals surface area contributed by atoms with Crippen molar-refractivity contribution in [1.82, 2.24) is 29.9 Å². The highest BCUT2D eigenvalue weighted by Crippen LogP contribution is 2.45. The Morgan fingerprint density at radius 1 is 0.306 bits per heavy atom. The molecule has 62 heavy (non-hydrogen) atoms. The van der Waals surface area contributed by atoms with Gasteiger partial charge in [0.2, 0.25) is 0 Å². The predicted octanol–water partition coefficient (Wildman–Crippen LogP) is 14.0. The summed E-state index contributed by atoms with van der Waals surface area (Å²) in [4.78, 5) is 30.3. The number of thiophene rings is 1. The second-order valence-corrected chi connectivity index (χ2v) is 16.1. The van der Waals surface area contributed by atoms with Crippen LogP contribution in [0.4, 0.5) is 0 Å². The van der Waals surface area contributed by atoms with E-state index in [1.54, 1.807) is 11.3 Å². The molecule has 0 atom stereocenters. The summed E-state index contributed by atoms with van der Waals surface area (Å²) in [5.41, 5.74) is 9.19. The van der Waals surface area contributed by atoms with E-state index >= 15 is 0 Å². The number of rotatable bonds is 7. The largest absolute Gasteiger partial charge is 0.455 e. The molecule has 0 amide bonds. The highest BCUT2D eigenvalue weighted by molar-refractivity contribution is 7.26. The zero-order valence-electron chi connectivity index (χ0n) is 33.0. The molecule has 0 saturated heterocycles. The Labute approximate surface area is 359 Å². The average Bonchev–Trinajstić information content (AvgIpc) is 3.94. The van der Waals surface area contributed by atoms with Crippen molar-refractivity contribution in [2.24, 2.45) is 0 Å². The first-order valence-electron chi connectivity index (χ1n) is 20.4. The highest BCUT2D eigenvalue weighted by atomic mass is 32.1. The van der Waals surface area contributed by atoms with E-state index < -0.39 is 0 Å². The normalized spacial score (nSPS) is 11.5. The average molecular weight is 813 g/mol. The van der Waals surface area contributed by atoms with Crippen molar-refractivity contribution in [2.75, 3.05) is 0 Å². The second kappa shape index (κ2) is 14.8. The summed E-state index contributed by atoms with van der Waals surface area (Å²) in [6.07, 6.45) is 0. The van der Waals surface area contributed by atoms with E-state index in [9.17, 15) is 0 Å². The molecule has 0 aliphatic heterocycles. The Morgan fingerprint density at radius 3 is 1.39 bits per heavy atom. The Balaban J connectivity index is 1.01. The van der Waals surface area contributed by atoms with Gasteiger partial charge in [-0.15, -0.1) is 11.3 Å². The number of nitrogens with zero attached hydrogens (tertiary/aromatic N) is 6. The maximum Gasteiger partial charge on any atom is 0.167 e. The van der Waals surface area contributed by atoms with E-state index in [4.69, 9.17) is 34.3 Å². The fourth-order valence-electron chi connectivity index (χ4n) is 8.24. The molecule has 0 fully saturated rings. The van der Waals surface area contributed by atoms with Crippen LogP contribution in [0.25, 0.3) is 122 Å². The van der Waals surface area contributed by atoms with Crippen LogP contribution in [0.5, 0.6) is 0 Å². The standard InChI is InChI=1S/C54H32N6OS/c1-4-15-34(16-5-1)49-55-50(35-17-6-2-7-18-35)57-52(56-49)37-29-27-33(28-30-37)38-31-32-43(48-46(38)41-22-11-13-26-45(41)62-48)54-59-51(36-19-8-3-9-20-36)58-53(60-54)42-24-14-23-40-39-21-10-12-25-44(39)61-47(40)42/h1-32H. The van der Waals surface area contributed by atoms with Crippen molar-refractivity contribution < 1.29 is 4.42 Å². The molecule has 8 heteroatoms. The molecular formula is C54H32N6OS. The van der Waals surface area contributed by atoms with Gasteiger partial charge in [0.1, 0.15) is 11.2 Å². The lowest BCUT2D eigenvalue weighted by Crippen LogP contribution is -2.00. The zero-order chi connectivity index (χ0) is 41.0. The molecule has 0 N–H and O–H groups in total. The topological polar surface area (TPSA) is 90.5 Å². The fraction of sp³-hybridized carbons (Fsp3) is 0. The number of hydrogen-bond acceptors (Lipinski definition) is 8. The molecular weight excluding hydrogens is 781 g/mol. The minimum atomic E-state index is 0.552. The molecule has 7 nitrogen and oxygen atoms in total. The predicted molar refractivity (Wildman–Crippen MR) is 251 cm³/mol. The maximum atomic E-state index is 6.48. The Bertz CT molecular complexity index is 3570. The fourth-order valence-corrected chi connectivity index (χ4v) is 9.48. The van der Waals surface area contributed by atoms with Gasteiger partial charge in [-0.2, -0.15) is 0 Å². The molecule has 12 aromatic rings. The van der Waals surface area contributed by atoms with Crippen LogP contribution in [0.3, 0.4) is 0 Å². The molecule has 0 bridgehead atoms. The van der Waals surface area contributed by atoms with Crippen LogP contribution < -0.4 is 0 Å². The zero-order valence-corrected chi connectivity index (χ0v) is 33.8. The molecule has 0 radical (unpaired) electrons. The molecule has 4 aromatic heterocycles. The minimum Gasteiger partial charge on any atom is -0.455 e. The van der Waals surface area contributed by atoms with Crippen molar-refractivity contribution in [3.05, 3.63) is 194 Å². The maximum absolute atomic E-state index is 6.48. The summed E-state index contributed by atoms with van der Waals surface area (Å²) in [5.74, 6) is 3.62. The summed E-state index contributed by atoms with van der Waals surface area (Å²) in [7, 11) is 0. The van der Waals surface area contributed by atoms with Crippen LogP contribution in [-0.4, -0.2) is 29.9 Å². The van der Waals surface area contributed by atoms with Gasteiger partial charge in [0.15, 0.2) is 34.9 Å². The number of fused-ring (bicyclic) bond motifs is 6. The second-order valence-electron chi connectivity index (χ2n) is 15.0. The van der Waals surface area contributed by atoms with Gasteiger partial charge in [-0.05, 0) is 35.4 Å². The Morgan fingerprint density at radius 2 is 0.758 bits per heavy atom. The third kappa shape index (κ3) is 6.20. The van der Waals surface area contributed by atoms with Crippen molar-refractivity contribution >= 4 is 53.4 Å². The quantitative estimate of drug-likeness (QED) is 0.158. The van der Waals surface area contributed by atoms with E-state index in [2.05, 4.69) is 72.8 Å². The van der Waals surface area contributed by atoms with Gasteiger partial charge in [-0.1, -0.05) is 170 Å². The molecule has 0 aliphatic rings. The molecule has 4 heterocycles. The van der Waals surface area contributed by atoms with Gasteiger partial charge < -0.3 is 4.42 Å². The van der Waals surface area contributed by atoms with E-state index in [0.29, 0.717) is 34.9 Å². The van der Waals surface area contributed by atoms with Gasteiger partial charge in [0, 0.05) is 58.8 Å². The smallest absolute Gasteiger partial charge is 0.167 e. The van der Waals surface area contributed by atoms with Gasteiger partial charge in [0.05, 0.1) is 5.56 Å². The Kier molecular flexibility index (Phi) is 8.53. The third-order valence-corrected chi connectivity index (χ3v) is 12.4. The first-order chi connectivity index (χ1) is 30.7. The lowest BCUT2D eigenvalue weighted by molar-refractivity contribution is 0.669. The lowest BCUT2D eigenvalue weighted by Gasteiger charge is -2.12. The van der Waals surface area contributed by atoms with Crippen molar-refractivity contribution in [2.45, 2.75) is 0 Å². The van der Waals surface area contributed by atoms with Crippen LogP contribution in [0.15, 0.2) is 199 Å².